The Morgan fingerprint density at radius 3 is 2.24 bits per heavy atom. The highest BCUT2D eigenvalue weighted by atomic mass is 35.5. The molecule has 1 aromatic carbocycles. The third-order valence-corrected chi connectivity index (χ3v) is 7.79. The van der Waals surface area contributed by atoms with Gasteiger partial charge in [-0.15, -0.1) is 0 Å². The molecule has 0 atom stereocenters. The highest BCUT2D eigenvalue weighted by Gasteiger charge is 2.22. The van der Waals surface area contributed by atoms with Crippen molar-refractivity contribution in [1.82, 2.24) is 14.9 Å². The van der Waals surface area contributed by atoms with E-state index in [4.69, 9.17) is 48.1 Å². The summed E-state index contributed by atoms with van der Waals surface area (Å²) in [6.45, 7) is 5.03. The number of anilines is 2. The predicted octanol–water partition coefficient (Wildman–Crippen LogP) is 6.14. The smallest absolute Gasteiger partial charge is 0.141 e. The maximum atomic E-state index is 6.65. The number of piperidine rings is 1. The Morgan fingerprint density at radius 1 is 1.03 bits per heavy atom. The van der Waals surface area contributed by atoms with Gasteiger partial charge in [0.1, 0.15) is 23.1 Å². The zero-order valence-corrected chi connectivity index (χ0v) is 23.9. The summed E-state index contributed by atoms with van der Waals surface area (Å²) in [6.07, 6.45) is 7.96. The van der Waals surface area contributed by atoms with Gasteiger partial charge >= 0.3 is 0 Å². The number of nitrogens with one attached hydrogen (secondary N) is 1. The van der Waals surface area contributed by atoms with Crippen LogP contribution in [0.4, 0.5) is 11.6 Å². The van der Waals surface area contributed by atoms with E-state index in [1.165, 1.54) is 19.3 Å². The van der Waals surface area contributed by atoms with Crippen LogP contribution in [0.25, 0.3) is 22.0 Å². The Labute approximate surface area is 234 Å². The van der Waals surface area contributed by atoms with Crippen LogP contribution < -0.4 is 20.5 Å². The first-order valence-corrected chi connectivity index (χ1v) is 13.8. The van der Waals surface area contributed by atoms with Gasteiger partial charge in [0.2, 0.25) is 0 Å². The molecule has 206 valence electrons. The van der Waals surface area contributed by atoms with Crippen LogP contribution in [0, 0.1) is 5.92 Å². The third-order valence-electron chi connectivity index (χ3n) is 7.04. The van der Waals surface area contributed by atoms with E-state index in [0.29, 0.717) is 44.5 Å². The van der Waals surface area contributed by atoms with Crippen LogP contribution in [0.2, 0.25) is 10.0 Å². The molecule has 2 aromatic heterocycles. The molecule has 2 saturated heterocycles. The van der Waals surface area contributed by atoms with E-state index < -0.39 is 0 Å². The van der Waals surface area contributed by atoms with E-state index in [9.17, 15) is 0 Å². The fourth-order valence-electron chi connectivity index (χ4n) is 4.73. The zero-order valence-electron chi connectivity index (χ0n) is 22.4. The van der Waals surface area contributed by atoms with Gasteiger partial charge in [-0.05, 0) is 70.3 Å². The Kier molecular flexibility index (Phi) is 10.1. The fourth-order valence-corrected chi connectivity index (χ4v) is 5.42. The number of nitrogens with two attached hydrogens (primary N) is 1. The highest BCUT2D eigenvalue weighted by molar-refractivity contribution is 6.41. The van der Waals surface area contributed by atoms with Gasteiger partial charge < -0.3 is 30.2 Å². The number of benzene rings is 1. The molecule has 38 heavy (non-hydrogen) atoms. The Hall–Kier alpha value is -2.52. The number of pyridine rings is 2. The summed E-state index contributed by atoms with van der Waals surface area (Å²) < 4.78 is 15.9. The average molecular weight is 563 g/mol. The Morgan fingerprint density at radius 2 is 1.68 bits per heavy atom. The predicted molar refractivity (Wildman–Crippen MR) is 156 cm³/mol. The SMILES string of the molecule is C1CCOCC1.COc1cc(OC)c(Cl)c(-c2cc3cnc(N)cc3c(NCC3CCN(C)CC3)n2)c1Cl. The van der Waals surface area contributed by atoms with Crippen LogP contribution in [-0.2, 0) is 4.74 Å². The van der Waals surface area contributed by atoms with Crippen molar-refractivity contribution in [3.05, 3.63) is 34.4 Å². The quantitative estimate of drug-likeness (QED) is 0.370. The van der Waals surface area contributed by atoms with Crippen molar-refractivity contribution < 1.29 is 14.2 Å². The van der Waals surface area contributed by atoms with E-state index in [2.05, 4.69) is 22.2 Å². The van der Waals surface area contributed by atoms with Crippen molar-refractivity contribution in [1.29, 1.82) is 0 Å². The number of aromatic nitrogens is 2. The molecule has 3 aromatic rings. The van der Waals surface area contributed by atoms with Crippen molar-refractivity contribution in [2.24, 2.45) is 5.92 Å². The van der Waals surface area contributed by atoms with Gasteiger partial charge in [0, 0.05) is 48.4 Å². The normalized spacial score (nSPS) is 16.6. The lowest BCUT2D eigenvalue weighted by Crippen LogP contribution is -2.33. The molecule has 10 heteroatoms. The molecule has 4 heterocycles. The van der Waals surface area contributed by atoms with Crippen LogP contribution in [0.3, 0.4) is 0 Å². The number of hydrogen-bond donors (Lipinski definition) is 2. The van der Waals surface area contributed by atoms with Crippen molar-refractivity contribution >= 4 is 45.6 Å². The number of ether oxygens (including phenoxy) is 3. The summed E-state index contributed by atoms with van der Waals surface area (Å²) in [5.41, 5.74) is 7.12. The average Bonchev–Trinajstić information content (AvgIpc) is 2.94. The van der Waals surface area contributed by atoms with Crippen LogP contribution in [-0.4, -0.2) is 69.0 Å². The molecule has 0 unspecified atom stereocenters. The largest absolute Gasteiger partial charge is 0.495 e. The number of methoxy groups -OCH3 is 2. The summed E-state index contributed by atoms with van der Waals surface area (Å²) in [7, 11) is 5.26. The van der Waals surface area contributed by atoms with Gasteiger partial charge in [-0.1, -0.05) is 23.2 Å². The van der Waals surface area contributed by atoms with Crippen LogP contribution in [0.1, 0.15) is 32.1 Å². The second kappa shape index (κ2) is 13.5. The van der Waals surface area contributed by atoms with Gasteiger partial charge in [-0.2, -0.15) is 0 Å². The minimum absolute atomic E-state index is 0.370. The molecule has 0 radical (unpaired) electrons. The summed E-state index contributed by atoms with van der Waals surface area (Å²) in [6, 6.07) is 5.39. The molecule has 8 nitrogen and oxygen atoms in total. The van der Waals surface area contributed by atoms with E-state index in [0.717, 1.165) is 62.3 Å². The second-order valence-corrected chi connectivity index (χ2v) is 10.5. The fraction of sp³-hybridized carbons (Fsp3) is 0.500. The van der Waals surface area contributed by atoms with Crippen LogP contribution in [0.5, 0.6) is 11.5 Å². The Bertz CT molecular complexity index is 1190. The molecular formula is C28H37Cl2N5O3. The first kappa shape index (κ1) is 28.5. The molecule has 0 aliphatic carbocycles. The summed E-state index contributed by atoms with van der Waals surface area (Å²) >= 11 is 13.3. The van der Waals surface area contributed by atoms with Gasteiger partial charge in [0.15, 0.2) is 0 Å². The van der Waals surface area contributed by atoms with Crippen LogP contribution in [0.15, 0.2) is 24.4 Å². The minimum Gasteiger partial charge on any atom is -0.495 e. The molecule has 5 rings (SSSR count). The van der Waals surface area contributed by atoms with E-state index in [1.807, 2.05) is 12.1 Å². The first-order chi connectivity index (χ1) is 18.4. The van der Waals surface area contributed by atoms with Crippen LogP contribution >= 0.6 is 23.2 Å². The number of nitrogen functional groups attached to an aromatic ring is 1. The molecule has 0 spiro atoms. The van der Waals surface area contributed by atoms with E-state index in [-0.39, 0.29) is 0 Å². The van der Waals surface area contributed by atoms with Crippen molar-refractivity contribution in [2.45, 2.75) is 32.1 Å². The lowest BCUT2D eigenvalue weighted by Gasteiger charge is -2.29. The van der Waals surface area contributed by atoms with Crippen molar-refractivity contribution in [3.8, 4) is 22.8 Å². The van der Waals surface area contributed by atoms with Crippen molar-refractivity contribution in [2.75, 3.05) is 65.2 Å². The molecule has 3 N–H and O–H groups in total. The first-order valence-electron chi connectivity index (χ1n) is 13.1. The number of hydrogen-bond acceptors (Lipinski definition) is 8. The number of rotatable bonds is 6. The minimum atomic E-state index is 0.370. The standard InChI is InChI=1S/C23H27Cl2N5O2.C5H10O/c1-30-6-4-13(5-7-30)11-28-23-15-9-19(26)27-12-14(15)8-16(29-23)20-21(24)17(31-2)10-18(32-3)22(20)25;1-2-4-6-5-3-1/h8-10,12-13H,4-7,11H2,1-3H3,(H2,26,27)(H,28,29);1-5H2. The zero-order chi connectivity index (χ0) is 27.1. The molecule has 2 aliphatic rings. The van der Waals surface area contributed by atoms with Gasteiger partial charge in [0.05, 0.1) is 30.0 Å². The molecular weight excluding hydrogens is 525 g/mol. The maximum Gasteiger partial charge on any atom is 0.141 e. The van der Waals surface area contributed by atoms with Gasteiger partial charge in [-0.25, -0.2) is 9.97 Å². The third kappa shape index (κ3) is 6.91. The summed E-state index contributed by atoms with van der Waals surface area (Å²) in [5, 5.41) is 6.06. The topological polar surface area (TPSA) is 94.8 Å². The molecule has 2 fully saturated rings. The van der Waals surface area contributed by atoms with Crippen molar-refractivity contribution in [3.63, 3.8) is 0 Å². The number of halogens is 2. The number of fused-ring (bicyclic) bond motifs is 1. The molecule has 0 amide bonds. The molecule has 0 bridgehead atoms. The van der Waals surface area contributed by atoms with E-state index in [1.54, 1.807) is 26.5 Å². The summed E-state index contributed by atoms with van der Waals surface area (Å²) in [5.74, 6) is 2.66. The number of likely N-dealkylation sites (tertiary alicyclic amines) is 1. The van der Waals surface area contributed by atoms with Gasteiger partial charge in [0.25, 0.3) is 0 Å². The van der Waals surface area contributed by atoms with Gasteiger partial charge in [-0.3, -0.25) is 0 Å². The Balaban J connectivity index is 0.000000494. The lowest BCUT2D eigenvalue weighted by atomic mass is 9.97. The highest BCUT2D eigenvalue weighted by Crippen LogP contribution is 2.46. The molecule has 0 saturated carbocycles. The molecule has 2 aliphatic heterocycles. The lowest BCUT2D eigenvalue weighted by molar-refractivity contribution is 0.0968. The number of nitrogens with zero attached hydrogens (tertiary/aromatic N) is 3. The summed E-state index contributed by atoms with van der Waals surface area (Å²) in [4.78, 5) is 11.5. The monoisotopic (exact) mass is 561 g/mol. The second-order valence-electron chi connectivity index (χ2n) is 9.77. The maximum absolute atomic E-state index is 6.65. The van der Waals surface area contributed by atoms with E-state index >= 15 is 0 Å².